The first-order chi connectivity index (χ1) is 24.3. The number of aryl methyl sites for hydroxylation is 4. The van der Waals surface area contributed by atoms with Gasteiger partial charge in [-0.3, -0.25) is 0 Å². The summed E-state index contributed by atoms with van der Waals surface area (Å²) in [6.07, 6.45) is 16.7. The van der Waals surface area contributed by atoms with E-state index >= 15 is 0 Å². The second kappa shape index (κ2) is 12.9. The first-order valence-electron chi connectivity index (χ1n) is 20.1. The molecule has 0 aliphatic heterocycles. The fraction of sp³-hybridized carbons (Fsp3) is 0.431. The number of rotatable bonds is 4. The molecule has 0 aromatic heterocycles. The third kappa shape index (κ3) is 4.45. The maximum atomic E-state index is 6.20. The van der Waals surface area contributed by atoms with E-state index in [1.54, 1.807) is 25.6 Å². The van der Waals surface area contributed by atoms with Crippen LogP contribution in [0.1, 0.15) is 108 Å². The molecule has 1 saturated carbocycles. The van der Waals surface area contributed by atoms with Gasteiger partial charge in [-0.2, -0.15) is 0 Å². The molecule has 286 valence electrons. The molecule has 5 aliphatic carbocycles. The Hall–Kier alpha value is -2.31. The summed E-state index contributed by atoms with van der Waals surface area (Å²) in [6, 6.07) is 24.6. The first kappa shape index (κ1) is 41.3. The normalized spacial score (nSPS) is 27.3. The molecule has 54 heavy (non-hydrogen) atoms. The average Bonchev–Trinajstić information content (AvgIpc) is 3.79. The summed E-state index contributed by atoms with van der Waals surface area (Å²) in [7, 11) is 0. The topological polar surface area (TPSA) is 0 Å². The van der Waals surface area contributed by atoms with E-state index in [1.165, 1.54) is 46.3 Å². The molecule has 1 fully saturated rings. The number of hydrogen-bond acceptors (Lipinski definition) is 0. The van der Waals surface area contributed by atoms with E-state index in [-0.39, 0.29) is 49.6 Å². The van der Waals surface area contributed by atoms with Gasteiger partial charge in [0.15, 0.2) is 0 Å². The molecule has 3 unspecified atom stereocenters. The molecule has 3 aromatic carbocycles. The molecular weight excluding hydrogens is 775 g/mol. The summed E-state index contributed by atoms with van der Waals surface area (Å²) in [4.78, 5) is 0. The predicted octanol–water partition coefficient (Wildman–Crippen LogP) is 13.2. The second-order valence-corrected chi connectivity index (χ2v) is 33.7. The summed E-state index contributed by atoms with van der Waals surface area (Å²) in [5.41, 5.74) is 14.7. The first-order valence-corrected chi connectivity index (χ1v) is 26.8. The van der Waals surface area contributed by atoms with Gasteiger partial charge in [0, 0.05) is 0 Å². The van der Waals surface area contributed by atoms with E-state index in [9.17, 15) is 0 Å². The van der Waals surface area contributed by atoms with Crippen LogP contribution in [-0.2, 0) is 24.7 Å². The summed E-state index contributed by atoms with van der Waals surface area (Å²) in [6.45, 7) is 30.8. The number of allylic oxidation sites excluding steroid dienone is 10. The Morgan fingerprint density at radius 1 is 0.685 bits per heavy atom. The van der Waals surface area contributed by atoms with Crippen LogP contribution in [0.25, 0.3) is 5.57 Å². The SMILES string of the molecule is Cl.Cl.[CH2]=[Zr]([C]1=CC=CC1)([c]1ccc(C)c(C)c1)([c]1ccc(C)c(C)c1)[C]1(C)C2=C3Cc4ccccc4C3=C3C=CCCC3C2(C)C(C)(C)C(C)(C)C1(C)C. The zero-order valence-corrected chi connectivity index (χ0v) is 39.2. The fourth-order valence-corrected chi connectivity index (χ4v) is 34.3. The van der Waals surface area contributed by atoms with Crippen molar-refractivity contribution in [2.45, 2.75) is 112 Å². The molecule has 3 aromatic rings. The fourth-order valence-electron chi connectivity index (χ4n) is 13.4. The Labute approximate surface area is 340 Å². The summed E-state index contributed by atoms with van der Waals surface area (Å²) < 4.78 is 10.6. The third-order valence-electron chi connectivity index (χ3n) is 18.1. The van der Waals surface area contributed by atoms with Crippen molar-refractivity contribution < 1.29 is 18.3 Å². The Morgan fingerprint density at radius 2 is 1.28 bits per heavy atom. The minimum atomic E-state index is -5.22. The van der Waals surface area contributed by atoms with Crippen molar-refractivity contribution in [2.24, 2.45) is 27.6 Å². The van der Waals surface area contributed by atoms with Crippen molar-refractivity contribution in [3.05, 3.63) is 144 Å². The third-order valence-corrected chi connectivity index (χ3v) is 37.9. The second-order valence-electron chi connectivity index (χ2n) is 19.6. The van der Waals surface area contributed by atoms with Gasteiger partial charge < -0.3 is 0 Å². The molecule has 5 aliphatic rings. The molecule has 0 spiro atoms. The van der Waals surface area contributed by atoms with Crippen molar-refractivity contribution >= 4 is 41.1 Å². The minimum absolute atomic E-state index is 0. The van der Waals surface area contributed by atoms with Crippen molar-refractivity contribution in [3.63, 3.8) is 0 Å². The van der Waals surface area contributed by atoms with Crippen molar-refractivity contribution in [1.82, 2.24) is 0 Å². The van der Waals surface area contributed by atoms with Crippen LogP contribution in [0.15, 0.2) is 111 Å². The Morgan fingerprint density at radius 3 is 1.83 bits per heavy atom. The number of fused-ring (bicyclic) bond motifs is 6. The quantitative estimate of drug-likeness (QED) is 0.246. The zero-order valence-electron chi connectivity index (χ0n) is 35.1. The van der Waals surface area contributed by atoms with E-state index < -0.39 is 18.3 Å². The van der Waals surface area contributed by atoms with Crippen LogP contribution in [0, 0.1) is 55.3 Å². The Kier molecular flexibility index (Phi) is 9.84. The van der Waals surface area contributed by atoms with E-state index in [0.717, 1.165) is 19.3 Å². The van der Waals surface area contributed by atoms with Crippen molar-refractivity contribution in [1.29, 1.82) is 0 Å². The van der Waals surface area contributed by atoms with E-state index in [4.69, 9.17) is 4.21 Å². The van der Waals surface area contributed by atoms with Crippen LogP contribution in [0.4, 0.5) is 0 Å². The number of halogens is 2. The van der Waals surface area contributed by atoms with Gasteiger partial charge in [0.25, 0.3) is 0 Å². The molecule has 0 N–H and O–H groups in total. The maximum absolute atomic E-state index is 6.20. The molecule has 3 heteroatoms. The van der Waals surface area contributed by atoms with Gasteiger partial charge in [0.2, 0.25) is 0 Å². The Balaban J connectivity index is 0.00000249. The van der Waals surface area contributed by atoms with Gasteiger partial charge in [-0.1, -0.05) is 0 Å². The molecule has 8 rings (SSSR count). The van der Waals surface area contributed by atoms with Crippen molar-refractivity contribution in [2.75, 3.05) is 0 Å². The molecule has 0 radical (unpaired) electrons. The van der Waals surface area contributed by atoms with Crippen LogP contribution in [-0.4, -0.2) is 4.21 Å². The van der Waals surface area contributed by atoms with Crippen molar-refractivity contribution in [3.8, 4) is 0 Å². The molecule has 0 heterocycles. The molecule has 3 atom stereocenters. The molecule has 0 bridgehead atoms. The van der Waals surface area contributed by atoms with E-state index in [1.807, 2.05) is 0 Å². The van der Waals surface area contributed by atoms with Gasteiger partial charge in [0.1, 0.15) is 0 Å². The average molecular weight is 839 g/mol. The van der Waals surface area contributed by atoms with Crippen LogP contribution in [0.3, 0.4) is 0 Å². The predicted molar refractivity (Wildman–Crippen MR) is 238 cm³/mol. The van der Waals surface area contributed by atoms with Gasteiger partial charge in [-0.25, -0.2) is 0 Å². The van der Waals surface area contributed by atoms with E-state index in [2.05, 4.69) is 174 Å². The zero-order chi connectivity index (χ0) is 37.5. The van der Waals surface area contributed by atoms with Gasteiger partial charge >= 0.3 is 319 Å². The standard InChI is InChI=1S/C29H37.2C8H9.C5H5.CH2.2ClH.Zr/c1-18-25-22-17-19-13-9-10-14-20(19)24(22)21-15-11-12-16-23(21)29(25,8)28(6,7)27(4,5)26(18,2)3;2*1-7-5-3-4-6-8(7)2;1-2-4-5-3-1;;;;/h9-11,13-15,23H,12,16-17H2,1-8H3;2*3,5-6H,1-2H3;1-3H,4H2;1H2;2*1H;. The Bertz CT molecular complexity index is 2260. The number of benzene rings is 3. The molecular formula is C51H64Cl2Zr. The van der Waals surface area contributed by atoms with Gasteiger partial charge in [-0.05, 0) is 0 Å². The summed E-state index contributed by atoms with van der Waals surface area (Å²) >= 11 is -5.22. The van der Waals surface area contributed by atoms with Gasteiger partial charge in [0.05, 0.1) is 0 Å². The van der Waals surface area contributed by atoms with Gasteiger partial charge in [-0.15, -0.1) is 24.8 Å². The van der Waals surface area contributed by atoms with Crippen LogP contribution >= 0.6 is 24.8 Å². The molecule has 0 saturated heterocycles. The molecule has 0 amide bonds. The monoisotopic (exact) mass is 836 g/mol. The van der Waals surface area contributed by atoms with E-state index in [0.29, 0.717) is 5.92 Å². The van der Waals surface area contributed by atoms with Crippen LogP contribution < -0.4 is 6.54 Å². The molecule has 0 nitrogen and oxygen atoms in total. The van der Waals surface area contributed by atoms with Crippen LogP contribution in [0.5, 0.6) is 0 Å². The van der Waals surface area contributed by atoms with Crippen LogP contribution in [0.2, 0.25) is 3.12 Å². The summed E-state index contributed by atoms with van der Waals surface area (Å²) in [5.74, 6) is 0.435. The summed E-state index contributed by atoms with van der Waals surface area (Å²) in [5, 5.41) is 0. The number of hydrogen-bond donors (Lipinski definition) is 0.